The summed E-state index contributed by atoms with van der Waals surface area (Å²) in [6.07, 6.45) is 47.4. The van der Waals surface area contributed by atoms with Crippen molar-refractivity contribution in [1.29, 1.82) is 0 Å². The van der Waals surface area contributed by atoms with E-state index < -0.39 is 0 Å². The Hall–Kier alpha value is -1.57. The smallest absolute Gasteiger partial charge is 0.306 e. The van der Waals surface area contributed by atoms with E-state index in [2.05, 4.69) is 91.0 Å². The number of rotatable bonds is 24. The first-order valence-electron chi connectivity index (χ1n) is 23.5. The average molecular weight is 731 g/mol. The lowest BCUT2D eigenvalue weighted by atomic mass is 9.47. The van der Waals surface area contributed by atoms with Crippen molar-refractivity contribution in [2.75, 3.05) is 0 Å². The maximum absolute atomic E-state index is 12.9. The number of fused-ring (bicyclic) bond motifs is 5. The van der Waals surface area contributed by atoms with E-state index in [1.54, 1.807) is 5.57 Å². The lowest BCUT2D eigenvalue weighted by Crippen LogP contribution is -2.51. The number of hydrogen-bond acceptors (Lipinski definition) is 2. The van der Waals surface area contributed by atoms with E-state index in [1.807, 2.05) is 0 Å². The number of unbranched alkanes of at least 4 members (excludes halogenated alkanes) is 9. The topological polar surface area (TPSA) is 26.3 Å². The van der Waals surface area contributed by atoms with Gasteiger partial charge in [0.25, 0.3) is 0 Å². The van der Waals surface area contributed by atoms with Crippen LogP contribution in [0.5, 0.6) is 0 Å². The van der Waals surface area contributed by atoms with Crippen molar-refractivity contribution < 1.29 is 9.53 Å². The Balaban J connectivity index is 1.08. The molecule has 302 valence electrons. The summed E-state index contributed by atoms with van der Waals surface area (Å²) in [5, 5.41) is 0. The van der Waals surface area contributed by atoms with Crippen molar-refractivity contribution in [3.05, 3.63) is 48.1 Å². The van der Waals surface area contributed by atoms with Crippen LogP contribution in [0.15, 0.2) is 48.1 Å². The maximum Gasteiger partial charge on any atom is 0.306 e. The number of esters is 1. The van der Waals surface area contributed by atoms with Crippen molar-refractivity contribution in [2.45, 2.75) is 215 Å². The van der Waals surface area contributed by atoms with Crippen LogP contribution in [0.3, 0.4) is 0 Å². The largest absolute Gasteiger partial charge is 0.462 e. The number of allylic oxidation sites excluding steroid dienone is 7. The molecule has 0 aromatic carbocycles. The van der Waals surface area contributed by atoms with Crippen LogP contribution >= 0.6 is 0 Å². The van der Waals surface area contributed by atoms with Crippen molar-refractivity contribution in [1.82, 2.24) is 0 Å². The predicted molar refractivity (Wildman–Crippen MR) is 230 cm³/mol. The van der Waals surface area contributed by atoms with Crippen molar-refractivity contribution >= 4 is 5.97 Å². The molecule has 0 N–H and O–H groups in total. The molecule has 2 heteroatoms. The van der Waals surface area contributed by atoms with Gasteiger partial charge in [0.2, 0.25) is 0 Å². The van der Waals surface area contributed by atoms with Crippen LogP contribution in [0.1, 0.15) is 209 Å². The van der Waals surface area contributed by atoms with Crippen molar-refractivity contribution in [2.24, 2.45) is 52.3 Å². The average Bonchev–Trinajstić information content (AvgIpc) is 3.50. The molecule has 0 heterocycles. The van der Waals surface area contributed by atoms with Crippen LogP contribution in [0.2, 0.25) is 0 Å². The van der Waals surface area contributed by atoms with Crippen LogP contribution < -0.4 is 0 Å². The monoisotopic (exact) mass is 731 g/mol. The molecule has 4 aliphatic rings. The highest BCUT2D eigenvalue weighted by atomic mass is 16.5. The molecule has 4 rings (SSSR count). The van der Waals surface area contributed by atoms with Crippen LogP contribution in [0, 0.1) is 52.3 Å². The van der Waals surface area contributed by atoms with Gasteiger partial charge >= 0.3 is 5.97 Å². The van der Waals surface area contributed by atoms with E-state index in [0.717, 1.165) is 80.0 Å². The van der Waals surface area contributed by atoms with Gasteiger partial charge in [0.15, 0.2) is 0 Å². The molecule has 0 aromatic rings. The van der Waals surface area contributed by atoms with Gasteiger partial charge in [-0.1, -0.05) is 148 Å². The van der Waals surface area contributed by atoms with Crippen molar-refractivity contribution in [3.8, 4) is 0 Å². The van der Waals surface area contributed by atoms with Gasteiger partial charge in [0.05, 0.1) is 0 Å². The number of carbonyl (C=O) groups excluding carboxylic acids is 1. The molecular weight excluding hydrogens is 645 g/mol. The lowest BCUT2D eigenvalue weighted by molar-refractivity contribution is -0.151. The van der Waals surface area contributed by atoms with Gasteiger partial charge in [-0.15, -0.1) is 0 Å². The summed E-state index contributed by atoms with van der Waals surface area (Å²) < 4.78 is 6.15. The van der Waals surface area contributed by atoms with Crippen LogP contribution in [-0.2, 0) is 9.53 Å². The number of hydrogen-bond donors (Lipinski definition) is 0. The number of ether oxygens (including phenoxy) is 1. The third kappa shape index (κ3) is 12.7. The van der Waals surface area contributed by atoms with Gasteiger partial charge < -0.3 is 4.74 Å². The molecule has 9 unspecified atom stereocenters. The van der Waals surface area contributed by atoms with Gasteiger partial charge in [0, 0.05) is 12.8 Å². The zero-order valence-electron chi connectivity index (χ0n) is 36.2. The van der Waals surface area contributed by atoms with E-state index in [4.69, 9.17) is 4.74 Å². The Kier molecular flexibility index (Phi) is 19.0. The second-order valence-corrected chi connectivity index (χ2v) is 19.4. The zero-order chi connectivity index (χ0) is 38.1. The summed E-state index contributed by atoms with van der Waals surface area (Å²) in [6.45, 7) is 17.4. The second-order valence-electron chi connectivity index (χ2n) is 19.4. The first-order chi connectivity index (χ1) is 25.6. The highest BCUT2D eigenvalue weighted by molar-refractivity contribution is 5.69. The SMILES string of the molecule is CCCCC/C=C\C/C=C\C/C=C\CCCCCCCCC(=O)OC1CCC2(C)C(=CCC3C2CCC2(C)C(C(C)CCC(CC)C(C)C)CCC32)C1. The van der Waals surface area contributed by atoms with E-state index in [-0.39, 0.29) is 12.1 Å². The highest BCUT2D eigenvalue weighted by Gasteiger charge is 2.59. The summed E-state index contributed by atoms with van der Waals surface area (Å²) in [5.74, 6) is 6.12. The van der Waals surface area contributed by atoms with Gasteiger partial charge in [0.1, 0.15) is 6.10 Å². The molecule has 0 spiro atoms. The third-order valence-electron chi connectivity index (χ3n) is 15.6. The summed E-state index contributed by atoms with van der Waals surface area (Å²) >= 11 is 0. The fourth-order valence-corrected chi connectivity index (χ4v) is 12.2. The minimum atomic E-state index is 0.0493. The van der Waals surface area contributed by atoms with Crippen molar-refractivity contribution in [3.63, 3.8) is 0 Å². The standard InChI is InChI=1S/C51H86O2/c1-8-10-11-12-13-14-15-16-17-18-19-20-21-22-23-24-25-26-27-28-49(52)53-44-35-37-50(6)43(39-44)31-32-45-47-34-33-46(51(47,7)38-36-48(45)50)41(5)29-30-42(9-2)40(3)4/h13-14,16-17,19-20,31,40-42,44-48H,8-12,15,18,21-30,32-39H2,1-7H3/b14-13-,17-16-,20-19-. The first-order valence-corrected chi connectivity index (χ1v) is 23.5. The Morgan fingerprint density at radius 2 is 1.43 bits per heavy atom. The number of carbonyl (C=O) groups is 1. The second kappa shape index (κ2) is 22.9. The minimum Gasteiger partial charge on any atom is -0.462 e. The molecular formula is C51H86O2. The van der Waals surface area contributed by atoms with Crippen LogP contribution in [0.4, 0.5) is 0 Å². The summed E-state index contributed by atoms with van der Waals surface area (Å²) in [7, 11) is 0. The van der Waals surface area contributed by atoms with E-state index in [1.165, 1.54) is 116 Å². The molecule has 53 heavy (non-hydrogen) atoms. The van der Waals surface area contributed by atoms with Gasteiger partial charge in [-0.3, -0.25) is 4.79 Å². The minimum absolute atomic E-state index is 0.0493. The highest BCUT2D eigenvalue weighted by Crippen LogP contribution is 2.67. The fourth-order valence-electron chi connectivity index (χ4n) is 12.2. The first kappa shape index (κ1) is 44.1. The van der Waals surface area contributed by atoms with Crippen LogP contribution in [-0.4, -0.2) is 12.1 Å². The third-order valence-corrected chi connectivity index (χ3v) is 15.6. The molecule has 3 fully saturated rings. The van der Waals surface area contributed by atoms with Gasteiger partial charge in [-0.05, 0) is 149 Å². The van der Waals surface area contributed by atoms with E-state index >= 15 is 0 Å². The van der Waals surface area contributed by atoms with E-state index in [9.17, 15) is 4.79 Å². The zero-order valence-corrected chi connectivity index (χ0v) is 36.2. The molecule has 4 aliphatic carbocycles. The molecule has 0 amide bonds. The molecule has 2 nitrogen and oxygen atoms in total. The molecule has 9 atom stereocenters. The molecule has 0 aliphatic heterocycles. The van der Waals surface area contributed by atoms with Crippen LogP contribution in [0.25, 0.3) is 0 Å². The molecule has 0 bridgehead atoms. The van der Waals surface area contributed by atoms with E-state index in [0.29, 0.717) is 17.3 Å². The molecule has 3 saturated carbocycles. The lowest BCUT2D eigenvalue weighted by Gasteiger charge is -2.58. The van der Waals surface area contributed by atoms with Gasteiger partial charge in [-0.2, -0.15) is 0 Å². The maximum atomic E-state index is 12.9. The molecule has 0 radical (unpaired) electrons. The fraction of sp³-hybridized carbons (Fsp3) is 0.824. The Labute approximate surface area is 329 Å². The summed E-state index contributed by atoms with van der Waals surface area (Å²) in [5.41, 5.74) is 2.50. The Morgan fingerprint density at radius 3 is 2.11 bits per heavy atom. The summed E-state index contributed by atoms with van der Waals surface area (Å²) in [6, 6.07) is 0. The normalized spacial score (nSPS) is 31.2. The Bertz CT molecular complexity index is 1170. The summed E-state index contributed by atoms with van der Waals surface area (Å²) in [4.78, 5) is 12.9. The predicted octanol–water partition coefficient (Wildman–Crippen LogP) is 15.7. The quantitative estimate of drug-likeness (QED) is 0.0561. The van der Waals surface area contributed by atoms with Gasteiger partial charge in [-0.25, -0.2) is 0 Å². The Morgan fingerprint density at radius 1 is 0.774 bits per heavy atom. The molecule has 0 aromatic heterocycles. The molecule has 0 saturated heterocycles.